The van der Waals surface area contributed by atoms with Gasteiger partial charge in [-0.15, -0.1) is 5.10 Å². The van der Waals surface area contributed by atoms with Crippen molar-refractivity contribution >= 4 is 5.69 Å². The molecule has 9 heteroatoms. The molecule has 4 rings (SSSR count). The molecule has 3 heterocycles. The molecule has 0 aliphatic heterocycles. The van der Waals surface area contributed by atoms with Crippen LogP contribution in [0.15, 0.2) is 23.1 Å². The number of ether oxygens (including phenoxy) is 1. The first kappa shape index (κ1) is 19.2. The van der Waals surface area contributed by atoms with Crippen LogP contribution >= 0.6 is 0 Å². The summed E-state index contributed by atoms with van der Waals surface area (Å²) in [6.07, 6.45) is 3.02. The number of anilines is 1. The van der Waals surface area contributed by atoms with Crippen LogP contribution in [0.1, 0.15) is 35.0 Å². The lowest BCUT2D eigenvalue weighted by Gasteiger charge is -2.11. The van der Waals surface area contributed by atoms with E-state index in [9.17, 15) is 4.79 Å². The Labute approximate surface area is 169 Å². The molecule has 0 aromatic carbocycles. The number of hydrogen-bond donors (Lipinski definition) is 1. The first-order valence-electron chi connectivity index (χ1n) is 9.77. The molecule has 3 aromatic heterocycles. The van der Waals surface area contributed by atoms with Crippen molar-refractivity contribution in [2.45, 2.75) is 32.7 Å². The molecule has 0 bridgehead atoms. The molecule has 0 saturated heterocycles. The van der Waals surface area contributed by atoms with Crippen molar-refractivity contribution in [3.8, 4) is 5.88 Å². The Morgan fingerprint density at radius 3 is 2.62 bits per heavy atom. The van der Waals surface area contributed by atoms with Gasteiger partial charge in [0.25, 0.3) is 5.56 Å². The maximum absolute atomic E-state index is 12.5. The summed E-state index contributed by atoms with van der Waals surface area (Å²) in [5, 5.41) is 16.4. The highest BCUT2D eigenvalue weighted by molar-refractivity contribution is 5.44. The number of nitrogens with one attached hydrogen (secondary N) is 1. The van der Waals surface area contributed by atoms with E-state index < -0.39 is 0 Å². The van der Waals surface area contributed by atoms with Crippen LogP contribution in [0.4, 0.5) is 5.69 Å². The monoisotopic (exact) mass is 397 g/mol. The summed E-state index contributed by atoms with van der Waals surface area (Å²) >= 11 is 0. The highest BCUT2D eigenvalue weighted by Gasteiger charge is 2.40. The molecular weight excluding hydrogens is 370 g/mol. The third-order valence-corrected chi connectivity index (χ3v) is 5.64. The van der Waals surface area contributed by atoms with Gasteiger partial charge in [0.15, 0.2) is 0 Å². The molecular formula is C20H27N7O2. The van der Waals surface area contributed by atoms with E-state index >= 15 is 0 Å². The largest absolute Gasteiger partial charge is 0.476 e. The summed E-state index contributed by atoms with van der Waals surface area (Å²) in [5.41, 5.74) is 4.51. The minimum atomic E-state index is -0.186. The van der Waals surface area contributed by atoms with Crippen LogP contribution in [0, 0.1) is 19.8 Å². The smallest absolute Gasteiger partial charge is 0.290 e. The fourth-order valence-electron chi connectivity index (χ4n) is 3.65. The summed E-state index contributed by atoms with van der Waals surface area (Å²) < 4.78 is 10.9. The van der Waals surface area contributed by atoms with Crippen LogP contribution in [-0.2, 0) is 27.7 Å². The summed E-state index contributed by atoms with van der Waals surface area (Å²) in [6.45, 7) is 5.07. The van der Waals surface area contributed by atoms with Crippen molar-refractivity contribution in [1.29, 1.82) is 0 Å². The van der Waals surface area contributed by atoms with Gasteiger partial charge in [-0.1, -0.05) is 0 Å². The van der Waals surface area contributed by atoms with Crippen molar-refractivity contribution < 1.29 is 4.74 Å². The Hall–Kier alpha value is -3.10. The summed E-state index contributed by atoms with van der Waals surface area (Å²) in [7, 11) is 5.48. The molecule has 1 saturated carbocycles. The normalized spacial score (nSPS) is 18.1. The van der Waals surface area contributed by atoms with Crippen molar-refractivity contribution in [2.24, 2.45) is 27.1 Å². The molecule has 0 amide bonds. The molecule has 1 aliphatic rings. The predicted octanol–water partition coefficient (Wildman–Crippen LogP) is 1.66. The van der Waals surface area contributed by atoms with Crippen LogP contribution in [0.5, 0.6) is 5.88 Å². The summed E-state index contributed by atoms with van der Waals surface area (Å²) in [6, 6.07) is 3.74. The SMILES string of the molecule is Cc1nn(C)c(C)c1CNc1cc(OCC2C[C@H]2c2ccn(C)n2)nn(C)c1=O. The van der Waals surface area contributed by atoms with Gasteiger partial charge in [-0.3, -0.25) is 14.2 Å². The van der Waals surface area contributed by atoms with E-state index in [-0.39, 0.29) is 5.56 Å². The fraction of sp³-hybridized carbons (Fsp3) is 0.500. The van der Waals surface area contributed by atoms with Gasteiger partial charge >= 0.3 is 0 Å². The second kappa shape index (κ2) is 7.38. The molecule has 1 unspecified atom stereocenters. The third-order valence-electron chi connectivity index (χ3n) is 5.64. The molecule has 1 N–H and O–H groups in total. The van der Waals surface area contributed by atoms with Gasteiger partial charge in [0.1, 0.15) is 5.69 Å². The molecule has 29 heavy (non-hydrogen) atoms. The Kier molecular flexibility index (Phi) is 4.89. The number of aryl methyl sites for hydroxylation is 4. The number of aromatic nitrogens is 6. The topological polar surface area (TPSA) is 91.8 Å². The van der Waals surface area contributed by atoms with Crippen LogP contribution < -0.4 is 15.6 Å². The van der Waals surface area contributed by atoms with Gasteiger partial charge < -0.3 is 10.1 Å². The van der Waals surface area contributed by atoms with Crippen LogP contribution in [-0.4, -0.2) is 35.9 Å². The Balaban J connectivity index is 1.41. The number of hydrogen-bond acceptors (Lipinski definition) is 6. The first-order valence-corrected chi connectivity index (χ1v) is 9.77. The summed E-state index contributed by atoms with van der Waals surface area (Å²) in [4.78, 5) is 12.5. The van der Waals surface area contributed by atoms with Crippen LogP contribution in [0.3, 0.4) is 0 Å². The Morgan fingerprint density at radius 2 is 1.97 bits per heavy atom. The Morgan fingerprint density at radius 1 is 1.17 bits per heavy atom. The van der Waals surface area contributed by atoms with E-state index in [4.69, 9.17) is 4.74 Å². The maximum atomic E-state index is 12.5. The summed E-state index contributed by atoms with van der Waals surface area (Å²) in [5.74, 6) is 1.32. The predicted molar refractivity (Wildman–Crippen MR) is 109 cm³/mol. The fourth-order valence-corrected chi connectivity index (χ4v) is 3.65. The third kappa shape index (κ3) is 3.90. The van der Waals surface area contributed by atoms with Gasteiger partial charge in [0.2, 0.25) is 5.88 Å². The molecule has 9 nitrogen and oxygen atoms in total. The molecule has 0 spiro atoms. The van der Waals surface area contributed by atoms with E-state index in [2.05, 4.69) is 26.7 Å². The zero-order valence-electron chi connectivity index (χ0n) is 17.5. The van der Waals surface area contributed by atoms with E-state index in [1.807, 2.05) is 43.5 Å². The van der Waals surface area contributed by atoms with E-state index in [1.165, 1.54) is 4.68 Å². The van der Waals surface area contributed by atoms with E-state index in [0.29, 0.717) is 36.6 Å². The number of rotatable bonds is 7. The van der Waals surface area contributed by atoms with Gasteiger partial charge in [-0.2, -0.15) is 10.2 Å². The van der Waals surface area contributed by atoms with Gasteiger partial charge in [0, 0.05) is 63.0 Å². The minimum Gasteiger partial charge on any atom is -0.476 e. The van der Waals surface area contributed by atoms with Crippen molar-refractivity contribution in [2.75, 3.05) is 11.9 Å². The highest BCUT2D eigenvalue weighted by atomic mass is 16.5. The molecule has 154 valence electrons. The lowest BCUT2D eigenvalue weighted by Crippen LogP contribution is -2.24. The second-order valence-electron chi connectivity index (χ2n) is 7.78. The lowest BCUT2D eigenvalue weighted by atomic mass is 10.2. The maximum Gasteiger partial charge on any atom is 0.290 e. The zero-order valence-corrected chi connectivity index (χ0v) is 17.5. The highest BCUT2D eigenvalue weighted by Crippen LogP contribution is 2.46. The van der Waals surface area contributed by atoms with E-state index in [1.54, 1.807) is 13.1 Å². The van der Waals surface area contributed by atoms with Gasteiger partial charge in [-0.05, 0) is 26.3 Å². The second-order valence-corrected chi connectivity index (χ2v) is 7.78. The molecule has 0 radical (unpaired) electrons. The molecule has 2 atom stereocenters. The average molecular weight is 397 g/mol. The lowest BCUT2D eigenvalue weighted by molar-refractivity contribution is 0.278. The number of nitrogens with zero attached hydrogens (tertiary/aromatic N) is 6. The quantitative estimate of drug-likeness (QED) is 0.652. The zero-order chi connectivity index (χ0) is 20.7. The molecule has 1 aliphatic carbocycles. The van der Waals surface area contributed by atoms with Crippen molar-refractivity contribution in [1.82, 2.24) is 29.3 Å². The first-order chi connectivity index (χ1) is 13.8. The molecule has 3 aromatic rings. The van der Waals surface area contributed by atoms with Gasteiger partial charge in [-0.25, -0.2) is 4.68 Å². The van der Waals surface area contributed by atoms with Crippen LogP contribution in [0.25, 0.3) is 0 Å². The Bertz CT molecular complexity index is 1090. The molecule has 1 fully saturated rings. The average Bonchev–Trinajstić information content (AvgIpc) is 3.26. The van der Waals surface area contributed by atoms with E-state index in [0.717, 1.165) is 29.1 Å². The standard InChI is InChI=1S/C20H27N7O2/c1-12-16(13(2)26(4)22-12)10-21-18-9-19(24-27(5)20(18)28)29-11-14-8-15(14)17-6-7-25(3)23-17/h6-7,9,14-15,21H,8,10-11H2,1-5H3/t14?,15-/m1/s1. The van der Waals surface area contributed by atoms with Crippen molar-refractivity contribution in [3.05, 3.63) is 51.3 Å². The van der Waals surface area contributed by atoms with Crippen LogP contribution in [0.2, 0.25) is 0 Å². The van der Waals surface area contributed by atoms with Crippen molar-refractivity contribution in [3.63, 3.8) is 0 Å². The minimum absolute atomic E-state index is 0.186. The van der Waals surface area contributed by atoms with Gasteiger partial charge in [0.05, 0.1) is 18.0 Å².